The second-order valence-electron chi connectivity index (χ2n) is 12.8. The fourth-order valence-corrected chi connectivity index (χ4v) is 7.64. The summed E-state index contributed by atoms with van der Waals surface area (Å²) >= 11 is 0. The van der Waals surface area contributed by atoms with Crippen molar-refractivity contribution in [1.82, 2.24) is 10.2 Å². The lowest BCUT2D eigenvalue weighted by molar-refractivity contribution is -0.140. The van der Waals surface area contributed by atoms with Crippen LogP contribution in [-0.4, -0.2) is 43.8 Å². The number of benzene rings is 4. The minimum Gasteiger partial charge on any atom is -0.352 e. The predicted octanol–water partition coefficient (Wildman–Crippen LogP) is 7.01. The van der Waals surface area contributed by atoms with E-state index < -0.39 is 28.5 Å². The van der Waals surface area contributed by atoms with Gasteiger partial charge >= 0.3 is 0 Å². The first kappa shape index (κ1) is 33.9. The molecule has 0 spiro atoms. The van der Waals surface area contributed by atoms with Crippen LogP contribution >= 0.6 is 0 Å². The van der Waals surface area contributed by atoms with Crippen molar-refractivity contribution in [3.8, 4) is 0 Å². The second kappa shape index (κ2) is 15.4. The van der Waals surface area contributed by atoms with E-state index in [1.54, 1.807) is 35.2 Å². The van der Waals surface area contributed by atoms with Crippen LogP contribution in [0.25, 0.3) is 0 Å². The highest BCUT2D eigenvalue weighted by Crippen LogP contribution is 2.27. The fourth-order valence-electron chi connectivity index (χ4n) is 6.20. The van der Waals surface area contributed by atoms with Crippen molar-refractivity contribution in [2.45, 2.75) is 82.3 Å². The normalized spacial score (nSPS) is 14.1. The first-order valence-electron chi connectivity index (χ1n) is 16.5. The van der Waals surface area contributed by atoms with Crippen molar-refractivity contribution in [2.24, 2.45) is 0 Å². The van der Waals surface area contributed by atoms with Gasteiger partial charge in [0.05, 0.1) is 10.6 Å². The van der Waals surface area contributed by atoms with Crippen molar-refractivity contribution in [3.05, 3.63) is 131 Å². The Kier molecular flexibility index (Phi) is 11.1. The van der Waals surface area contributed by atoms with Gasteiger partial charge in [0.15, 0.2) is 0 Å². The Hall–Kier alpha value is -4.43. The van der Waals surface area contributed by atoms with Gasteiger partial charge in [-0.05, 0) is 66.6 Å². The zero-order valence-electron chi connectivity index (χ0n) is 27.5. The summed E-state index contributed by atoms with van der Waals surface area (Å²) in [5, 5.41) is 3.22. The summed E-state index contributed by atoms with van der Waals surface area (Å²) in [6.07, 6.45) is 4.23. The maximum absolute atomic E-state index is 14.7. The Labute approximate surface area is 279 Å². The van der Waals surface area contributed by atoms with E-state index in [1.807, 2.05) is 73.7 Å². The van der Waals surface area contributed by atoms with Crippen LogP contribution in [0.3, 0.4) is 0 Å². The third-order valence-electron chi connectivity index (χ3n) is 8.87. The van der Waals surface area contributed by atoms with E-state index in [2.05, 4.69) is 19.2 Å². The average Bonchev–Trinajstić information content (AvgIpc) is 3.59. The maximum Gasteiger partial charge on any atom is 0.264 e. The lowest BCUT2D eigenvalue weighted by Gasteiger charge is -2.34. The molecule has 1 aliphatic carbocycles. The van der Waals surface area contributed by atoms with Crippen LogP contribution in [0.15, 0.2) is 114 Å². The smallest absolute Gasteiger partial charge is 0.264 e. The van der Waals surface area contributed by atoms with Crippen molar-refractivity contribution in [1.29, 1.82) is 0 Å². The zero-order valence-corrected chi connectivity index (χ0v) is 28.3. The van der Waals surface area contributed by atoms with Gasteiger partial charge in [0, 0.05) is 19.0 Å². The first-order valence-corrected chi connectivity index (χ1v) is 17.9. The second-order valence-corrected chi connectivity index (χ2v) is 14.6. The molecule has 0 aromatic heterocycles. The standard InChI is InChI=1S/C39H45N3O4S/c1-29(2)33-21-23-35(24-22-33)42(47(45,46)36-19-8-5-9-20-36)28-38(43)41(27-32-16-12-13-30(3)25-32)37(26-31-14-6-4-7-15-31)39(44)40-34-17-10-11-18-34/h4-9,12-16,19-25,29,34,37H,10-11,17-18,26-28H2,1-3H3,(H,40,44). The fraction of sp³-hybridized carbons (Fsp3) is 0.333. The van der Waals surface area contributed by atoms with Crippen LogP contribution in [0.2, 0.25) is 0 Å². The zero-order chi connectivity index (χ0) is 33.4. The van der Waals surface area contributed by atoms with E-state index in [-0.39, 0.29) is 29.3 Å². The van der Waals surface area contributed by atoms with E-state index in [4.69, 9.17) is 0 Å². The molecule has 47 heavy (non-hydrogen) atoms. The molecular weight excluding hydrogens is 607 g/mol. The summed E-state index contributed by atoms with van der Waals surface area (Å²) in [6.45, 7) is 5.82. The highest BCUT2D eigenvalue weighted by Gasteiger charge is 2.35. The number of rotatable bonds is 13. The summed E-state index contributed by atoms with van der Waals surface area (Å²) in [6, 6.07) is 32.2. The number of carbonyl (C=O) groups is 2. The van der Waals surface area contributed by atoms with E-state index in [0.717, 1.165) is 47.9 Å². The molecule has 0 bridgehead atoms. The lowest BCUT2D eigenvalue weighted by Crippen LogP contribution is -2.54. The molecule has 4 aromatic carbocycles. The van der Waals surface area contributed by atoms with Gasteiger partial charge in [0.2, 0.25) is 11.8 Å². The number of sulfonamides is 1. The van der Waals surface area contributed by atoms with Gasteiger partial charge < -0.3 is 10.2 Å². The monoisotopic (exact) mass is 651 g/mol. The number of amides is 2. The van der Waals surface area contributed by atoms with Crippen molar-refractivity contribution < 1.29 is 18.0 Å². The first-order chi connectivity index (χ1) is 22.6. The average molecular weight is 652 g/mol. The Morgan fingerprint density at radius 3 is 2.04 bits per heavy atom. The molecule has 4 aromatic rings. The molecule has 1 atom stereocenters. The molecule has 0 aliphatic heterocycles. The number of aryl methyl sites for hydroxylation is 1. The minimum absolute atomic E-state index is 0.0612. The molecule has 1 unspecified atom stereocenters. The third kappa shape index (κ3) is 8.69. The van der Waals surface area contributed by atoms with Gasteiger partial charge in [-0.1, -0.05) is 117 Å². The molecule has 0 radical (unpaired) electrons. The number of nitrogens with zero attached hydrogens (tertiary/aromatic N) is 2. The SMILES string of the molecule is Cc1cccc(CN(C(=O)CN(c2ccc(C(C)C)cc2)S(=O)(=O)c2ccccc2)C(Cc2ccccc2)C(=O)NC2CCCC2)c1. The molecule has 1 N–H and O–H groups in total. The summed E-state index contributed by atoms with van der Waals surface area (Å²) in [4.78, 5) is 30.5. The van der Waals surface area contributed by atoms with Gasteiger partial charge in [-0.3, -0.25) is 13.9 Å². The molecular formula is C39H45N3O4S. The lowest BCUT2D eigenvalue weighted by atomic mass is 10.0. The van der Waals surface area contributed by atoms with E-state index >= 15 is 0 Å². The highest BCUT2D eigenvalue weighted by molar-refractivity contribution is 7.92. The van der Waals surface area contributed by atoms with E-state index in [1.165, 1.54) is 16.4 Å². The summed E-state index contributed by atoms with van der Waals surface area (Å²) < 4.78 is 29.6. The van der Waals surface area contributed by atoms with E-state index in [0.29, 0.717) is 12.1 Å². The molecule has 8 heteroatoms. The van der Waals surface area contributed by atoms with Gasteiger partial charge in [-0.15, -0.1) is 0 Å². The number of anilines is 1. The largest absolute Gasteiger partial charge is 0.352 e. The number of hydrogen-bond acceptors (Lipinski definition) is 4. The van der Waals surface area contributed by atoms with Crippen molar-refractivity contribution in [2.75, 3.05) is 10.8 Å². The molecule has 2 amide bonds. The molecule has 1 saturated carbocycles. The maximum atomic E-state index is 14.7. The van der Waals surface area contributed by atoms with Crippen LogP contribution in [-0.2, 0) is 32.6 Å². The van der Waals surface area contributed by atoms with Crippen molar-refractivity contribution in [3.63, 3.8) is 0 Å². The van der Waals surface area contributed by atoms with Crippen LogP contribution in [0.1, 0.15) is 67.7 Å². The van der Waals surface area contributed by atoms with Gasteiger partial charge in [-0.25, -0.2) is 8.42 Å². The topological polar surface area (TPSA) is 86.8 Å². The Bertz CT molecular complexity index is 1740. The molecule has 5 rings (SSSR count). The van der Waals surface area contributed by atoms with Gasteiger partial charge in [0.25, 0.3) is 10.0 Å². The van der Waals surface area contributed by atoms with Gasteiger partial charge in [0.1, 0.15) is 12.6 Å². The summed E-state index contributed by atoms with van der Waals surface area (Å²) in [7, 11) is -4.13. The summed E-state index contributed by atoms with van der Waals surface area (Å²) in [5.41, 5.74) is 4.26. The number of hydrogen-bond donors (Lipinski definition) is 1. The van der Waals surface area contributed by atoms with Crippen LogP contribution in [0.4, 0.5) is 5.69 Å². The highest BCUT2D eigenvalue weighted by atomic mass is 32.2. The molecule has 7 nitrogen and oxygen atoms in total. The number of nitrogens with one attached hydrogen (secondary N) is 1. The minimum atomic E-state index is -4.13. The van der Waals surface area contributed by atoms with Crippen molar-refractivity contribution >= 4 is 27.5 Å². The van der Waals surface area contributed by atoms with Gasteiger partial charge in [-0.2, -0.15) is 0 Å². The molecule has 0 heterocycles. The Morgan fingerprint density at radius 2 is 1.43 bits per heavy atom. The third-order valence-corrected chi connectivity index (χ3v) is 10.7. The molecule has 0 saturated heterocycles. The Balaban J connectivity index is 1.56. The quantitative estimate of drug-likeness (QED) is 0.169. The summed E-state index contributed by atoms with van der Waals surface area (Å²) in [5.74, 6) is -0.422. The Morgan fingerprint density at radius 1 is 0.809 bits per heavy atom. The number of carbonyl (C=O) groups excluding carboxylic acids is 2. The molecule has 1 fully saturated rings. The van der Waals surface area contributed by atoms with Crippen LogP contribution in [0, 0.1) is 6.92 Å². The van der Waals surface area contributed by atoms with Crippen LogP contribution in [0.5, 0.6) is 0 Å². The van der Waals surface area contributed by atoms with E-state index in [9.17, 15) is 18.0 Å². The predicted molar refractivity (Wildman–Crippen MR) is 188 cm³/mol. The molecule has 246 valence electrons. The van der Waals surface area contributed by atoms with Crippen LogP contribution < -0.4 is 9.62 Å². The molecule has 1 aliphatic rings.